The van der Waals surface area contributed by atoms with Crippen molar-refractivity contribution in [3.05, 3.63) is 47.3 Å². The van der Waals surface area contributed by atoms with Gasteiger partial charge < -0.3 is 10.0 Å². The number of para-hydroxylation sites is 1. The third kappa shape index (κ3) is 3.62. The molecule has 0 amide bonds. The van der Waals surface area contributed by atoms with E-state index in [-0.39, 0.29) is 6.42 Å². The lowest BCUT2D eigenvalue weighted by Crippen LogP contribution is -2.26. The number of carbonyl (C=O) groups is 1. The lowest BCUT2D eigenvalue weighted by atomic mass is 10.1. The molecular formula is C16H21N3O2. The van der Waals surface area contributed by atoms with Gasteiger partial charge in [-0.25, -0.2) is 0 Å². The van der Waals surface area contributed by atoms with Crippen molar-refractivity contribution in [1.82, 2.24) is 9.78 Å². The highest BCUT2D eigenvalue weighted by Gasteiger charge is 2.14. The summed E-state index contributed by atoms with van der Waals surface area (Å²) in [5, 5.41) is 13.2. The Bertz CT molecular complexity index is 634. The van der Waals surface area contributed by atoms with Crippen molar-refractivity contribution in [2.75, 3.05) is 11.4 Å². The molecule has 0 unspecified atom stereocenters. The number of benzene rings is 1. The van der Waals surface area contributed by atoms with E-state index in [1.54, 1.807) is 0 Å². The Kier molecular flexibility index (Phi) is 4.62. The molecule has 21 heavy (non-hydrogen) atoms. The number of anilines is 1. The van der Waals surface area contributed by atoms with Crippen molar-refractivity contribution in [1.29, 1.82) is 0 Å². The number of carboxylic acid groups (broad SMARTS) is 1. The van der Waals surface area contributed by atoms with Crippen molar-refractivity contribution in [2.45, 2.75) is 26.8 Å². The molecule has 112 valence electrons. The fourth-order valence-corrected chi connectivity index (χ4v) is 2.34. The van der Waals surface area contributed by atoms with Crippen LogP contribution < -0.4 is 4.90 Å². The van der Waals surface area contributed by atoms with E-state index in [1.165, 1.54) is 0 Å². The quantitative estimate of drug-likeness (QED) is 0.887. The number of aromatic nitrogens is 2. The molecule has 0 spiro atoms. The third-order valence-corrected chi connectivity index (χ3v) is 3.75. The molecule has 0 aliphatic heterocycles. The molecule has 0 saturated heterocycles. The average molecular weight is 287 g/mol. The average Bonchev–Trinajstić information content (AvgIpc) is 2.76. The van der Waals surface area contributed by atoms with Crippen molar-refractivity contribution in [3.63, 3.8) is 0 Å². The van der Waals surface area contributed by atoms with E-state index in [1.807, 2.05) is 56.0 Å². The second-order valence-electron chi connectivity index (χ2n) is 5.23. The van der Waals surface area contributed by atoms with Crippen LogP contribution in [0.5, 0.6) is 0 Å². The van der Waals surface area contributed by atoms with E-state index >= 15 is 0 Å². The Morgan fingerprint density at radius 2 is 2.05 bits per heavy atom. The molecule has 2 rings (SSSR count). The molecule has 0 saturated carbocycles. The van der Waals surface area contributed by atoms with Crippen LogP contribution in [0, 0.1) is 13.8 Å². The first kappa shape index (κ1) is 15.1. The molecule has 0 aliphatic rings. The van der Waals surface area contributed by atoms with Crippen LogP contribution in [-0.2, 0) is 18.4 Å². The van der Waals surface area contributed by atoms with Gasteiger partial charge in [-0.15, -0.1) is 0 Å². The molecule has 1 aromatic carbocycles. The first-order valence-corrected chi connectivity index (χ1v) is 6.99. The zero-order valence-corrected chi connectivity index (χ0v) is 12.7. The topological polar surface area (TPSA) is 58.4 Å². The highest BCUT2D eigenvalue weighted by atomic mass is 16.4. The van der Waals surface area contributed by atoms with Gasteiger partial charge in [0.1, 0.15) is 0 Å². The summed E-state index contributed by atoms with van der Waals surface area (Å²) in [7, 11) is 1.91. The minimum absolute atomic E-state index is 0.119. The van der Waals surface area contributed by atoms with Crippen molar-refractivity contribution >= 4 is 11.7 Å². The van der Waals surface area contributed by atoms with Crippen molar-refractivity contribution in [2.24, 2.45) is 7.05 Å². The maximum Gasteiger partial charge on any atom is 0.305 e. The summed E-state index contributed by atoms with van der Waals surface area (Å²) in [5.74, 6) is -0.781. The molecule has 5 heteroatoms. The second-order valence-corrected chi connectivity index (χ2v) is 5.23. The number of hydrogen-bond donors (Lipinski definition) is 1. The molecule has 0 bridgehead atoms. The molecular weight excluding hydrogens is 266 g/mol. The minimum atomic E-state index is -0.781. The Morgan fingerprint density at radius 3 is 2.62 bits per heavy atom. The Morgan fingerprint density at radius 1 is 1.33 bits per heavy atom. The summed E-state index contributed by atoms with van der Waals surface area (Å²) in [4.78, 5) is 13.0. The number of rotatable bonds is 6. The van der Waals surface area contributed by atoms with Gasteiger partial charge in [0.05, 0.1) is 12.6 Å². The molecule has 2 aromatic rings. The summed E-state index contributed by atoms with van der Waals surface area (Å²) < 4.78 is 1.84. The predicted molar refractivity (Wildman–Crippen MR) is 82.4 cm³/mol. The molecule has 1 N–H and O–H groups in total. The standard InChI is InChI=1S/C16H21N3O2/c1-12-6-4-5-7-15(12)19(9-8-16(20)21)11-14-10-17-18(3)13(14)2/h4-7,10H,8-9,11H2,1-3H3,(H,20,21). The van der Waals surface area contributed by atoms with Crippen LogP contribution in [0.4, 0.5) is 5.69 Å². The Hall–Kier alpha value is -2.30. The SMILES string of the molecule is Cc1ccccc1N(CCC(=O)O)Cc1cnn(C)c1C. The normalized spacial score (nSPS) is 10.6. The smallest absolute Gasteiger partial charge is 0.305 e. The number of nitrogens with zero attached hydrogens (tertiary/aromatic N) is 3. The Balaban J connectivity index is 2.26. The maximum absolute atomic E-state index is 10.9. The van der Waals surface area contributed by atoms with Gasteiger partial charge >= 0.3 is 5.97 Å². The van der Waals surface area contributed by atoms with E-state index in [0.29, 0.717) is 13.1 Å². The molecule has 1 heterocycles. The first-order chi connectivity index (χ1) is 9.99. The molecule has 0 fully saturated rings. The van der Waals surface area contributed by atoms with Gasteiger partial charge in [0.25, 0.3) is 0 Å². The Labute approximate surface area is 124 Å². The zero-order valence-electron chi connectivity index (χ0n) is 12.7. The number of aryl methyl sites for hydroxylation is 2. The maximum atomic E-state index is 10.9. The van der Waals surface area contributed by atoms with Crippen LogP contribution in [0.3, 0.4) is 0 Å². The fraction of sp³-hybridized carbons (Fsp3) is 0.375. The summed E-state index contributed by atoms with van der Waals surface area (Å²) in [6.07, 6.45) is 1.97. The number of aliphatic carboxylic acids is 1. The van der Waals surface area contributed by atoms with Crippen LogP contribution in [0.2, 0.25) is 0 Å². The van der Waals surface area contributed by atoms with Gasteiger partial charge in [-0.3, -0.25) is 9.48 Å². The van der Waals surface area contributed by atoms with Crippen LogP contribution in [0.25, 0.3) is 0 Å². The van der Waals surface area contributed by atoms with E-state index < -0.39 is 5.97 Å². The molecule has 5 nitrogen and oxygen atoms in total. The minimum Gasteiger partial charge on any atom is -0.481 e. The van der Waals surface area contributed by atoms with E-state index in [4.69, 9.17) is 5.11 Å². The van der Waals surface area contributed by atoms with Crippen LogP contribution >= 0.6 is 0 Å². The monoisotopic (exact) mass is 287 g/mol. The van der Waals surface area contributed by atoms with Crippen molar-refractivity contribution < 1.29 is 9.90 Å². The van der Waals surface area contributed by atoms with E-state index in [9.17, 15) is 4.79 Å². The van der Waals surface area contributed by atoms with Gasteiger partial charge in [0.2, 0.25) is 0 Å². The van der Waals surface area contributed by atoms with Gasteiger partial charge in [-0.1, -0.05) is 18.2 Å². The van der Waals surface area contributed by atoms with E-state index in [0.717, 1.165) is 22.5 Å². The highest BCUT2D eigenvalue weighted by Crippen LogP contribution is 2.22. The van der Waals surface area contributed by atoms with Gasteiger partial charge in [0.15, 0.2) is 0 Å². The third-order valence-electron chi connectivity index (χ3n) is 3.75. The first-order valence-electron chi connectivity index (χ1n) is 6.99. The summed E-state index contributed by atoms with van der Waals surface area (Å²) >= 11 is 0. The largest absolute Gasteiger partial charge is 0.481 e. The van der Waals surface area contributed by atoms with Crippen LogP contribution in [0.15, 0.2) is 30.5 Å². The summed E-state index contributed by atoms with van der Waals surface area (Å²) in [6.45, 7) is 5.21. The highest BCUT2D eigenvalue weighted by molar-refractivity contribution is 5.68. The molecule has 1 aromatic heterocycles. The van der Waals surface area contributed by atoms with Gasteiger partial charge in [0, 0.05) is 37.1 Å². The van der Waals surface area contributed by atoms with Crippen LogP contribution in [-0.4, -0.2) is 27.4 Å². The zero-order chi connectivity index (χ0) is 15.4. The van der Waals surface area contributed by atoms with E-state index in [2.05, 4.69) is 10.00 Å². The predicted octanol–water partition coefficient (Wildman–Crippen LogP) is 2.52. The van der Waals surface area contributed by atoms with Gasteiger partial charge in [-0.05, 0) is 25.5 Å². The van der Waals surface area contributed by atoms with Crippen LogP contribution in [0.1, 0.15) is 23.2 Å². The summed E-state index contributed by atoms with van der Waals surface area (Å²) in [6, 6.07) is 8.04. The summed E-state index contributed by atoms with van der Waals surface area (Å²) in [5.41, 5.74) is 4.43. The molecule has 0 atom stereocenters. The van der Waals surface area contributed by atoms with Gasteiger partial charge in [-0.2, -0.15) is 5.10 Å². The molecule has 0 radical (unpaired) electrons. The lowest BCUT2D eigenvalue weighted by Gasteiger charge is -2.26. The number of carboxylic acids is 1. The number of hydrogen-bond acceptors (Lipinski definition) is 3. The van der Waals surface area contributed by atoms with Crippen molar-refractivity contribution in [3.8, 4) is 0 Å². The molecule has 0 aliphatic carbocycles. The fourth-order valence-electron chi connectivity index (χ4n) is 2.34. The second kappa shape index (κ2) is 6.43. The lowest BCUT2D eigenvalue weighted by molar-refractivity contribution is -0.136.